The van der Waals surface area contributed by atoms with Gasteiger partial charge < -0.3 is 10.2 Å². The van der Waals surface area contributed by atoms with E-state index in [2.05, 4.69) is 46.3 Å². The number of rotatable bonds is 7. The molecule has 1 atom stereocenters. The van der Waals surface area contributed by atoms with E-state index >= 15 is 0 Å². The maximum Gasteiger partial charge on any atom is 0.237 e. The van der Waals surface area contributed by atoms with Crippen LogP contribution in [0.2, 0.25) is 0 Å². The maximum absolute atomic E-state index is 11.9. The number of hydrogen-bond acceptors (Lipinski definition) is 3. The fraction of sp³-hybridized carbons (Fsp3) is 0.562. The topological polar surface area (TPSA) is 35.6 Å². The van der Waals surface area contributed by atoms with E-state index in [-0.39, 0.29) is 11.9 Å². The summed E-state index contributed by atoms with van der Waals surface area (Å²) in [6.07, 6.45) is 0. The number of carbonyl (C=O) groups is 1. The van der Waals surface area contributed by atoms with Gasteiger partial charge in [0.1, 0.15) is 0 Å². The Kier molecular flexibility index (Phi) is 6.52. The maximum atomic E-state index is 11.9. The van der Waals surface area contributed by atoms with E-state index in [1.54, 1.807) is 0 Å². The molecule has 0 spiro atoms. The van der Waals surface area contributed by atoms with Crippen molar-refractivity contribution in [2.75, 3.05) is 32.1 Å². The van der Waals surface area contributed by atoms with Crippen molar-refractivity contribution >= 4 is 11.6 Å². The SMILES string of the molecule is CCNC(=O)[C@@H](C)N(CC)Cc1ccc(N(C)C)cc1. The highest BCUT2D eigenvalue weighted by atomic mass is 16.2. The number of nitrogens with zero attached hydrogens (tertiary/aromatic N) is 2. The first kappa shape index (κ1) is 16.5. The van der Waals surface area contributed by atoms with Crippen LogP contribution in [-0.4, -0.2) is 44.0 Å². The van der Waals surface area contributed by atoms with Gasteiger partial charge in [-0.25, -0.2) is 0 Å². The molecule has 1 rings (SSSR count). The molecule has 0 saturated heterocycles. The molecule has 1 N–H and O–H groups in total. The van der Waals surface area contributed by atoms with Gasteiger partial charge in [-0.2, -0.15) is 0 Å². The average Bonchev–Trinajstić information content (AvgIpc) is 2.44. The Morgan fingerprint density at radius 2 is 1.80 bits per heavy atom. The van der Waals surface area contributed by atoms with Crippen LogP contribution in [0.4, 0.5) is 5.69 Å². The standard InChI is InChI=1S/C16H27N3O/c1-6-17-16(20)13(3)19(7-2)12-14-8-10-15(11-9-14)18(4)5/h8-11,13H,6-7,12H2,1-5H3,(H,17,20)/t13-/m1/s1. The summed E-state index contributed by atoms with van der Waals surface area (Å²) in [7, 11) is 4.06. The van der Waals surface area contributed by atoms with E-state index in [0.717, 1.165) is 13.1 Å². The predicted octanol–water partition coefficient (Wildman–Crippen LogP) is 2.10. The molecule has 0 aliphatic rings. The summed E-state index contributed by atoms with van der Waals surface area (Å²) >= 11 is 0. The number of anilines is 1. The van der Waals surface area contributed by atoms with E-state index < -0.39 is 0 Å². The number of nitrogens with one attached hydrogen (secondary N) is 1. The molecular weight excluding hydrogens is 250 g/mol. The Labute approximate surface area is 122 Å². The molecule has 0 unspecified atom stereocenters. The van der Waals surface area contributed by atoms with Crippen molar-refractivity contribution in [3.05, 3.63) is 29.8 Å². The van der Waals surface area contributed by atoms with Crippen molar-refractivity contribution in [2.45, 2.75) is 33.4 Å². The molecule has 0 saturated carbocycles. The molecular formula is C16H27N3O. The Bertz CT molecular complexity index is 414. The molecule has 1 amide bonds. The normalized spacial score (nSPS) is 12.3. The van der Waals surface area contributed by atoms with E-state index in [9.17, 15) is 4.79 Å². The zero-order valence-electron chi connectivity index (χ0n) is 13.3. The fourth-order valence-corrected chi connectivity index (χ4v) is 2.14. The monoisotopic (exact) mass is 277 g/mol. The zero-order valence-corrected chi connectivity index (χ0v) is 13.3. The number of amides is 1. The first-order valence-electron chi connectivity index (χ1n) is 7.27. The van der Waals surface area contributed by atoms with Crippen LogP contribution in [0.3, 0.4) is 0 Å². The third-order valence-corrected chi connectivity index (χ3v) is 3.52. The molecule has 20 heavy (non-hydrogen) atoms. The summed E-state index contributed by atoms with van der Waals surface area (Å²) in [5.74, 6) is 0.0965. The lowest BCUT2D eigenvalue weighted by atomic mass is 10.1. The minimum absolute atomic E-state index is 0.0965. The number of likely N-dealkylation sites (N-methyl/N-ethyl adjacent to an activating group) is 2. The van der Waals surface area contributed by atoms with Gasteiger partial charge in [0.2, 0.25) is 5.91 Å². The minimum Gasteiger partial charge on any atom is -0.378 e. The van der Waals surface area contributed by atoms with Gasteiger partial charge >= 0.3 is 0 Å². The molecule has 112 valence electrons. The van der Waals surface area contributed by atoms with Gasteiger partial charge in [0.25, 0.3) is 0 Å². The third-order valence-electron chi connectivity index (χ3n) is 3.52. The van der Waals surface area contributed by atoms with Crippen LogP contribution < -0.4 is 10.2 Å². The summed E-state index contributed by atoms with van der Waals surface area (Å²) in [5.41, 5.74) is 2.42. The smallest absolute Gasteiger partial charge is 0.237 e. The first-order chi connectivity index (χ1) is 9.49. The van der Waals surface area contributed by atoms with Crippen molar-refractivity contribution in [3.8, 4) is 0 Å². The van der Waals surface area contributed by atoms with Crippen molar-refractivity contribution < 1.29 is 4.79 Å². The molecule has 0 aromatic heterocycles. The van der Waals surface area contributed by atoms with Crippen LogP contribution in [0.15, 0.2) is 24.3 Å². The molecule has 0 fully saturated rings. The Balaban J connectivity index is 2.70. The predicted molar refractivity (Wildman–Crippen MR) is 85.0 cm³/mol. The van der Waals surface area contributed by atoms with Gasteiger partial charge in [0.15, 0.2) is 0 Å². The van der Waals surface area contributed by atoms with Crippen molar-refractivity contribution in [1.82, 2.24) is 10.2 Å². The van der Waals surface area contributed by atoms with Gasteiger partial charge in [-0.15, -0.1) is 0 Å². The highest BCUT2D eigenvalue weighted by Gasteiger charge is 2.19. The highest BCUT2D eigenvalue weighted by Crippen LogP contribution is 2.14. The van der Waals surface area contributed by atoms with Crippen LogP contribution in [0.1, 0.15) is 26.3 Å². The molecule has 0 aliphatic heterocycles. The van der Waals surface area contributed by atoms with Gasteiger partial charge in [0.05, 0.1) is 6.04 Å². The lowest BCUT2D eigenvalue weighted by Crippen LogP contribution is -2.44. The summed E-state index contributed by atoms with van der Waals surface area (Å²) in [6, 6.07) is 8.37. The molecule has 0 heterocycles. The molecule has 4 nitrogen and oxygen atoms in total. The van der Waals surface area contributed by atoms with Crippen LogP contribution in [0.25, 0.3) is 0 Å². The highest BCUT2D eigenvalue weighted by molar-refractivity contribution is 5.81. The summed E-state index contributed by atoms with van der Waals surface area (Å²) in [4.78, 5) is 16.2. The van der Waals surface area contributed by atoms with E-state index in [1.165, 1.54) is 11.3 Å². The second-order valence-electron chi connectivity index (χ2n) is 5.19. The van der Waals surface area contributed by atoms with E-state index in [0.29, 0.717) is 6.54 Å². The molecule has 0 aliphatic carbocycles. The van der Waals surface area contributed by atoms with Crippen molar-refractivity contribution in [3.63, 3.8) is 0 Å². The van der Waals surface area contributed by atoms with Gasteiger partial charge in [0, 0.05) is 32.9 Å². The first-order valence-corrected chi connectivity index (χ1v) is 7.27. The largest absolute Gasteiger partial charge is 0.378 e. The summed E-state index contributed by atoms with van der Waals surface area (Å²) < 4.78 is 0. The minimum atomic E-state index is -0.103. The Hall–Kier alpha value is -1.55. The molecule has 0 bridgehead atoms. The quantitative estimate of drug-likeness (QED) is 0.829. The molecule has 1 aromatic carbocycles. The number of carbonyl (C=O) groups excluding carboxylic acids is 1. The lowest BCUT2D eigenvalue weighted by Gasteiger charge is -2.27. The third kappa shape index (κ3) is 4.53. The molecule has 4 heteroatoms. The second-order valence-corrected chi connectivity index (χ2v) is 5.19. The van der Waals surface area contributed by atoms with Crippen LogP contribution >= 0.6 is 0 Å². The summed E-state index contributed by atoms with van der Waals surface area (Å²) in [5, 5.41) is 2.88. The average molecular weight is 277 g/mol. The lowest BCUT2D eigenvalue weighted by molar-refractivity contribution is -0.125. The van der Waals surface area contributed by atoms with E-state index in [1.807, 2.05) is 27.9 Å². The number of hydrogen-bond donors (Lipinski definition) is 1. The van der Waals surface area contributed by atoms with Gasteiger partial charge in [-0.1, -0.05) is 19.1 Å². The van der Waals surface area contributed by atoms with Crippen LogP contribution in [-0.2, 0) is 11.3 Å². The van der Waals surface area contributed by atoms with Gasteiger partial charge in [-0.05, 0) is 38.1 Å². The van der Waals surface area contributed by atoms with Gasteiger partial charge in [-0.3, -0.25) is 9.69 Å². The second kappa shape index (κ2) is 7.90. The van der Waals surface area contributed by atoms with Crippen molar-refractivity contribution in [2.24, 2.45) is 0 Å². The van der Waals surface area contributed by atoms with Crippen molar-refractivity contribution in [1.29, 1.82) is 0 Å². The molecule has 1 aromatic rings. The van der Waals surface area contributed by atoms with E-state index in [4.69, 9.17) is 0 Å². The zero-order chi connectivity index (χ0) is 15.1. The Morgan fingerprint density at radius 1 is 1.20 bits per heavy atom. The fourth-order valence-electron chi connectivity index (χ4n) is 2.14. The summed E-state index contributed by atoms with van der Waals surface area (Å²) in [6.45, 7) is 8.32. The molecule has 0 radical (unpaired) electrons. The van der Waals surface area contributed by atoms with Crippen LogP contribution in [0.5, 0.6) is 0 Å². The van der Waals surface area contributed by atoms with Crippen LogP contribution in [0, 0.1) is 0 Å². The Morgan fingerprint density at radius 3 is 2.25 bits per heavy atom. The number of benzene rings is 1.